The van der Waals surface area contributed by atoms with Crippen molar-refractivity contribution in [3.63, 3.8) is 0 Å². The minimum absolute atomic E-state index is 0.748. The zero-order valence-electron chi connectivity index (χ0n) is 12.9. The summed E-state index contributed by atoms with van der Waals surface area (Å²) in [6.07, 6.45) is 4.49. The third kappa shape index (κ3) is 3.92. The van der Waals surface area contributed by atoms with E-state index in [0.717, 1.165) is 42.1 Å². The second-order valence-corrected chi connectivity index (χ2v) is 6.49. The lowest BCUT2D eigenvalue weighted by atomic mass is 9.99. The molecular formula is C18H22ClN3. The van der Waals surface area contributed by atoms with Crippen LogP contribution in [-0.2, 0) is 6.54 Å². The van der Waals surface area contributed by atoms with Crippen LogP contribution in [0.3, 0.4) is 0 Å². The number of benzene rings is 1. The van der Waals surface area contributed by atoms with Gasteiger partial charge in [-0.15, -0.1) is 0 Å². The molecule has 1 N–H and O–H groups in total. The smallest absolute Gasteiger partial charge is 0.128 e. The number of aromatic nitrogens is 1. The maximum absolute atomic E-state index is 5.99. The molecular weight excluding hydrogens is 294 g/mol. The van der Waals surface area contributed by atoms with E-state index in [2.05, 4.69) is 34.3 Å². The summed E-state index contributed by atoms with van der Waals surface area (Å²) in [7, 11) is 0. The van der Waals surface area contributed by atoms with Gasteiger partial charge in [-0.25, -0.2) is 4.98 Å². The number of hydrogen-bond acceptors (Lipinski definition) is 3. The lowest BCUT2D eigenvalue weighted by Crippen LogP contribution is -2.33. The maximum Gasteiger partial charge on any atom is 0.128 e. The van der Waals surface area contributed by atoms with Gasteiger partial charge < -0.3 is 10.2 Å². The van der Waals surface area contributed by atoms with Crippen LogP contribution in [0, 0.1) is 5.92 Å². The third-order valence-corrected chi connectivity index (χ3v) is 4.47. The molecule has 116 valence electrons. The number of nitrogens with one attached hydrogen (secondary N) is 1. The highest BCUT2D eigenvalue weighted by Gasteiger charge is 2.16. The van der Waals surface area contributed by atoms with Crippen molar-refractivity contribution >= 4 is 23.1 Å². The molecule has 1 fully saturated rings. The lowest BCUT2D eigenvalue weighted by molar-refractivity contribution is 0.436. The standard InChI is InChI=1S/C18H22ClN3/c1-14-7-9-22(10-8-14)18-6-5-15(13-21-18)12-20-17-4-2-3-16(19)11-17/h2-6,11,13-14,20H,7-10,12H2,1H3. The van der Waals surface area contributed by atoms with Gasteiger partial charge >= 0.3 is 0 Å². The molecule has 1 aromatic heterocycles. The number of pyridine rings is 1. The Labute approximate surface area is 137 Å². The van der Waals surface area contributed by atoms with Crippen LogP contribution in [0.1, 0.15) is 25.3 Å². The Hall–Kier alpha value is -1.74. The summed E-state index contributed by atoms with van der Waals surface area (Å²) in [6.45, 7) is 5.32. The van der Waals surface area contributed by atoms with Crippen LogP contribution in [0.4, 0.5) is 11.5 Å². The molecule has 4 heteroatoms. The average molecular weight is 316 g/mol. The predicted molar refractivity (Wildman–Crippen MR) is 93.6 cm³/mol. The van der Waals surface area contributed by atoms with E-state index in [0.29, 0.717) is 0 Å². The SMILES string of the molecule is CC1CCN(c2ccc(CNc3cccc(Cl)c3)cn2)CC1. The number of rotatable bonds is 4. The fourth-order valence-electron chi connectivity index (χ4n) is 2.75. The van der Waals surface area contributed by atoms with E-state index in [1.807, 2.05) is 30.5 Å². The Morgan fingerprint density at radius 3 is 2.73 bits per heavy atom. The molecule has 3 rings (SSSR count). The normalized spacial score (nSPS) is 15.8. The van der Waals surface area contributed by atoms with Crippen LogP contribution >= 0.6 is 11.6 Å². The highest BCUT2D eigenvalue weighted by molar-refractivity contribution is 6.30. The summed E-state index contributed by atoms with van der Waals surface area (Å²) < 4.78 is 0. The first-order valence-corrected chi connectivity index (χ1v) is 8.28. The Morgan fingerprint density at radius 1 is 1.23 bits per heavy atom. The van der Waals surface area contributed by atoms with Crippen molar-refractivity contribution in [3.05, 3.63) is 53.2 Å². The molecule has 2 aromatic rings. The molecule has 0 amide bonds. The molecule has 0 unspecified atom stereocenters. The molecule has 0 bridgehead atoms. The van der Waals surface area contributed by atoms with Crippen LogP contribution in [0.15, 0.2) is 42.6 Å². The summed E-state index contributed by atoms with van der Waals surface area (Å²) >= 11 is 5.99. The van der Waals surface area contributed by atoms with E-state index in [-0.39, 0.29) is 0 Å². The molecule has 0 radical (unpaired) electrons. The second kappa shape index (κ2) is 7.01. The quantitative estimate of drug-likeness (QED) is 0.895. The molecule has 1 aliphatic heterocycles. The predicted octanol–water partition coefficient (Wildman–Crippen LogP) is 4.58. The van der Waals surface area contributed by atoms with E-state index in [9.17, 15) is 0 Å². The maximum atomic E-state index is 5.99. The van der Waals surface area contributed by atoms with Gasteiger partial charge in [0.25, 0.3) is 0 Å². The molecule has 1 saturated heterocycles. The molecule has 1 aliphatic rings. The highest BCUT2D eigenvalue weighted by atomic mass is 35.5. The summed E-state index contributed by atoms with van der Waals surface area (Å²) in [6, 6.07) is 12.1. The van der Waals surface area contributed by atoms with Crippen molar-refractivity contribution < 1.29 is 0 Å². The van der Waals surface area contributed by atoms with E-state index in [1.54, 1.807) is 0 Å². The van der Waals surface area contributed by atoms with Crippen molar-refractivity contribution in [2.45, 2.75) is 26.3 Å². The van der Waals surface area contributed by atoms with Crippen molar-refractivity contribution in [2.75, 3.05) is 23.3 Å². The minimum Gasteiger partial charge on any atom is -0.381 e. The van der Waals surface area contributed by atoms with Gasteiger partial charge in [-0.1, -0.05) is 30.7 Å². The molecule has 0 spiro atoms. The summed E-state index contributed by atoms with van der Waals surface area (Å²) in [5.74, 6) is 1.94. The van der Waals surface area contributed by atoms with E-state index in [1.165, 1.54) is 18.4 Å². The Bertz CT molecular complexity index is 604. The number of nitrogens with zero attached hydrogens (tertiary/aromatic N) is 2. The van der Waals surface area contributed by atoms with Gasteiger partial charge in [-0.2, -0.15) is 0 Å². The molecule has 2 heterocycles. The van der Waals surface area contributed by atoms with Crippen LogP contribution in [0.5, 0.6) is 0 Å². The van der Waals surface area contributed by atoms with E-state index < -0.39 is 0 Å². The van der Waals surface area contributed by atoms with Gasteiger partial charge in [-0.05, 0) is 48.6 Å². The first kappa shape index (κ1) is 15.2. The van der Waals surface area contributed by atoms with Crippen molar-refractivity contribution in [1.29, 1.82) is 0 Å². The van der Waals surface area contributed by atoms with Gasteiger partial charge in [0, 0.05) is 36.5 Å². The van der Waals surface area contributed by atoms with Gasteiger partial charge in [0.05, 0.1) is 0 Å². The first-order chi connectivity index (χ1) is 10.7. The second-order valence-electron chi connectivity index (χ2n) is 6.06. The zero-order valence-corrected chi connectivity index (χ0v) is 13.7. The molecule has 1 aromatic carbocycles. The average Bonchev–Trinajstić information content (AvgIpc) is 2.54. The third-order valence-electron chi connectivity index (χ3n) is 4.24. The van der Waals surface area contributed by atoms with Crippen LogP contribution in [-0.4, -0.2) is 18.1 Å². The highest BCUT2D eigenvalue weighted by Crippen LogP contribution is 2.21. The Morgan fingerprint density at radius 2 is 2.05 bits per heavy atom. The van der Waals surface area contributed by atoms with Gasteiger partial charge in [0.1, 0.15) is 5.82 Å². The van der Waals surface area contributed by atoms with Gasteiger partial charge in [0.15, 0.2) is 0 Å². The molecule has 22 heavy (non-hydrogen) atoms. The Balaban J connectivity index is 1.57. The largest absolute Gasteiger partial charge is 0.381 e. The van der Waals surface area contributed by atoms with E-state index in [4.69, 9.17) is 11.6 Å². The minimum atomic E-state index is 0.748. The summed E-state index contributed by atoms with van der Waals surface area (Å²) in [4.78, 5) is 7.00. The van der Waals surface area contributed by atoms with Gasteiger partial charge in [-0.3, -0.25) is 0 Å². The van der Waals surface area contributed by atoms with Crippen LogP contribution < -0.4 is 10.2 Å². The van der Waals surface area contributed by atoms with E-state index >= 15 is 0 Å². The molecule has 0 saturated carbocycles. The monoisotopic (exact) mass is 315 g/mol. The van der Waals surface area contributed by atoms with Crippen molar-refractivity contribution in [1.82, 2.24) is 4.98 Å². The summed E-state index contributed by atoms with van der Waals surface area (Å²) in [5, 5.41) is 4.12. The summed E-state index contributed by atoms with van der Waals surface area (Å²) in [5.41, 5.74) is 2.20. The molecule has 0 atom stereocenters. The van der Waals surface area contributed by atoms with Gasteiger partial charge in [0.2, 0.25) is 0 Å². The fraction of sp³-hybridized carbons (Fsp3) is 0.389. The number of anilines is 2. The first-order valence-electron chi connectivity index (χ1n) is 7.90. The topological polar surface area (TPSA) is 28.2 Å². The number of halogens is 1. The van der Waals surface area contributed by atoms with Crippen LogP contribution in [0.25, 0.3) is 0 Å². The van der Waals surface area contributed by atoms with Crippen molar-refractivity contribution in [3.8, 4) is 0 Å². The lowest BCUT2D eigenvalue weighted by Gasteiger charge is -2.31. The molecule has 0 aliphatic carbocycles. The zero-order chi connectivity index (χ0) is 15.4. The van der Waals surface area contributed by atoms with Crippen LogP contribution in [0.2, 0.25) is 5.02 Å². The Kier molecular flexibility index (Phi) is 4.84. The fourth-order valence-corrected chi connectivity index (χ4v) is 2.94. The number of hydrogen-bond donors (Lipinski definition) is 1. The number of piperidine rings is 1. The molecule has 3 nitrogen and oxygen atoms in total. The van der Waals surface area contributed by atoms with Crippen molar-refractivity contribution in [2.24, 2.45) is 5.92 Å².